The van der Waals surface area contributed by atoms with Gasteiger partial charge in [0.25, 0.3) is 0 Å². The maximum absolute atomic E-state index is 5.93. The molecule has 0 aliphatic rings. The molecule has 0 unspecified atom stereocenters. The van der Waals surface area contributed by atoms with Gasteiger partial charge in [-0.1, -0.05) is 35.0 Å². The van der Waals surface area contributed by atoms with E-state index in [1.54, 1.807) is 0 Å². The number of halogens is 1. The Labute approximate surface area is 92.1 Å². The van der Waals surface area contributed by atoms with Crippen LogP contribution in [0.3, 0.4) is 0 Å². The normalized spacial score (nSPS) is 10.7. The molecule has 72 valence electrons. The fraction of sp³-hybridized carbons (Fsp3) is 0.167. The summed E-state index contributed by atoms with van der Waals surface area (Å²) in [6.45, 7) is 2.13. The zero-order chi connectivity index (χ0) is 10.1. The molecule has 0 saturated heterocycles. The van der Waals surface area contributed by atoms with E-state index in [1.165, 1.54) is 16.3 Å². The molecule has 0 aliphatic heterocycles. The molecule has 2 rings (SSSR count). The Morgan fingerprint density at radius 3 is 2.64 bits per heavy atom. The quantitative estimate of drug-likeness (QED) is 0.766. The van der Waals surface area contributed by atoms with Gasteiger partial charge in [-0.25, -0.2) is 0 Å². The predicted octanol–water partition coefficient (Wildman–Crippen LogP) is 3.75. The molecular formula is C12H12BrN. The molecule has 0 amide bonds. The van der Waals surface area contributed by atoms with Crippen LogP contribution in [0, 0.1) is 0 Å². The lowest BCUT2D eigenvalue weighted by Crippen LogP contribution is -1.93. The number of hydrogen-bond acceptors (Lipinski definition) is 1. The average Bonchev–Trinajstić information content (AvgIpc) is 2.17. The largest absolute Gasteiger partial charge is 0.398 e. The average molecular weight is 250 g/mol. The first kappa shape index (κ1) is 9.53. The van der Waals surface area contributed by atoms with Crippen LogP contribution in [0.4, 0.5) is 5.69 Å². The van der Waals surface area contributed by atoms with E-state index >= 15 is 0 Å². The van der Waals surface area contributed by atoms with Crippen molar-refractivity contribution < 1.29 is 0 Å². The van der Waals surface area contributed by atoms with Gasteiger partial charge in [0.1, 0.15) is 0 Å². The Morgan fingerprint density at radius 2 is 1.93 bits per heavy atom. The second kappa shape index (κ2) is 3.62. The van der Waals surface area contributed by atoms with Gasteiger partial charge in [-0.3, -0.25) is 0 Å². The van der Waals surface area contributed by atoms with Gasteiger partial charge < -0.3 is 5.73 Å². The Morgan fingerprint density at radius 1 is 1.21 bits per heavy atom. The summed E-state index contributed by atoms with van der Waals surface area (Å²) in [6.07, 6.45) is 0.972. The maximum Gasteiger partial charge on any atom is 0.0352 e. The summed E-state index contributed by atoms with van der Waals surface area (Å²) < 4.78 is 1.10. The first-order chi connectivity index (χ1) is 6.72. The number of nitrogen functional groups attached to an aromatic ring is 1. The highest BCUT2D eigenvalue weighted by molar-refractivity contribution is 9.10. The Hall–Kier alpha value is -1.02. The summed E-state index contributed by atoms with van der Waals surface area (Å²) >= 11 is 3.48. The van der Waals surface area contributed by atoms with Crippen molar-refractivity contribution in [3.05, 3.63) is 40.4 Å². The molecule has 2 heteroatoms. The van der Waals surface area contributed by atoms with Crippen LogP contribution in [-0.4, -0.2) is 0 Å². The van der Waals surface area contributed by atoms with Crippen molar-refractivity contribution >= 4 is 32.4 Å². The maximum atomic E-state index is 5.93. The van der Waals surface area contributed by atoms with Crippen molar-refractivity contribution in [2.24, 2.45) is 0 Å². The highest BCUT2D eigenvalue weighted by Crippen LogP contribution is 2.27. The molecular weight excluding hydrogens is 238 g/mol. The number of fused-ring (bicyclic) bond motifs is 1. The summed E-state index contributed by atoms with van der Waals surface area (Å²) in [5.74, 6) is 0. The van der Waals surface area contributed by atoms with Gasteiger partial charge in [0, 0.05) is 10.2 Å². The fourth-order valence-corrected chi connectivity index (χ4v) is 2.13. The number of benzene rings is 2. The SMILES string of the molecule is CCc1c(N)ccc2ccc(Br)cc12. The van der Waals surface area contributed by atoms with Crippen molar-refractivity contribution in [3.8, 4) is 0 Å². The van der Waals surface area contributed by atoms with E-state index in [2.05, 4.69) is 47.1 Å². The third kappa shape index (κ3) is 1.50. The zero-order valence-electron chi connectivity index (χ0n) is 8.05. The van der Waals surface area contributed by atoms with Crippen LogP contribution >= 0.6 is 15.9 Å². The summed E-state index contributed by atoms with van der Waals surface area (Å²) in [5, 5.41) is 2.50. The molecule has 0 atom stereocenters. The van der Waals surface area contributed by atoms with Gasteiger partial charge >= 0.3 is 0 Å². The lowest BCUT2D eigenvalue weighted by atomic mass is 10.0. The van der Waals surface area contributed by atoms with Crippen LogP contribution in [0.5, 0.6) is 0 Å². The van der Waals surface area contributed by atoms with Gasteiger partial charge in [-0.2, -0.15) is 0 Å². The zero-order valence-corrected chi connectivity index (χ0v) is 9.64. The van der Waals surface area contributed by atoms with E-state index in [0.717, 1.165) is 16.6 Å². The van der Waals surface area contributed by atoms with E-state index in [-0.39, 0.29) is 0 Å². The molecule has 2 aromatic rings. The minimum absolute atomic E-state index is 0.887. The van der Waals surface area contributed by atoms with Crippen LogP contribution in [0.1, 0.15) is 12.5 Å². The summed E-state index contributed by atoms with van der Waals surface area (Å²) in [4.78, 5) is 0. The molecule has 2 N–H and O–H groups in total. The van der Waals surface area contributed by atoms with E-state index in [4.69, 9.17) is 5.73 Å². The minimum atomic E-state index is 0.887. The highest BCUT2D eigenvalue weighted by Gasteiger charge is 2.03. The summed E-state index contributed by atoms with van der Waals surface area (Å²) in [5.41, 5.74) is 8.06. The summed E-state index contributed by atoms with van der Waals surface area (Å²) in [6, 6.07) is 10.3. The van der Waals surface area contributed by atoms with E-state index < -0.39 is 0 Å². The van der Waals surface area contributed by atoms with Crippen molar-refractivity contribution in [1.29, 1.82) is 0 Å². The first-order valence-electron chi connectivity index (χ1n) is 4.69. The molecule has 14 heavy (non-hydrogen) atoms. The molecule has 0 fully saturated rings. The number of anilines is 1. The molecule has 0 radical (unpaired) electrons. The Balaban J connectivity index is 2.84. The summed E-state index contributed by atoms with van der Waals surface area (Å²) in [7, 11) is 0. The van der Waals surface area contributed by atoms with Crippen molar-refractivity contribution in [2.75, 3.05) is 5.73 Å². The van der Waals surface area contributed by atoms with Crippen molar-refractivity contribution in [2.45, 2.75) is 13.3 Å². The van der Waals surface area contributed by atoms with Crippen LogP contribution < -0.4 is 5.73 Å². The third-order valence-corrected chi connectivity index (χ3v) is 2.98. The van der Waals surface area contributed by atoms with Gasteiger partial charge in [-0.15, -0.1) is 0 Å². The standard InChI is InChI=1S/C12H12BrN/c1-2-10-11-7-9(13)5-3-8(11)4-6-12(10)14/h3-7H,2,14H2,1H3. The van der Waals surface area contributed by atoms with Gasteiger partial charge in [0.2, 0.25) is 0 Å². The number of aryl methyl sites for hydroxylation is 1. The highest BCUT2D eigenvalue weighted by atomic mass is 79.9. The number of hydrogen-bond donors (Lipinski definition) is 1. The topological polar surface area (TPSA) is 26.0 Å². The second-order valence-electron chi connectivity index (χ2n) is 3.35. The van der Waals surface area contributed by atoms with Crippen molar-refractivity contribution in [3.63, 3.8) is 0 Å². The second-order valence-corrected chi connectivity index (χ2v) is 4.27. The lowest BCUT2D eigenvalue weighted by molar-refractivity contribution is 1.16. The minimum Gasteiger partial charge on any atom is -0.398 e. The van der Waals surface area contributed by atoms with E-state index in [0.29, 0.717) is 0 Å². The van der Waals surface area contributed by atoms with Gasteiger partial charge in [0.15, 0.2) is 0 Å². The molecule has 0 spiro atoms. The van der Waals surface area contributed by atoms with Gasteiger partial charge in [-0.05, 0) is 41.0 Å². The molecule has 1 nitrogen and oxygen atoms in total. The third-order valence-electron chi connectivity index (χ3n) is 2.48. The number of rotatable bonds is 1. The molecule has 0 bridgehead atoms. The lowest BCUT2D eigenvalue weighted by Gasteiger charge is -2.08. The number of nitrogens with two attached hydrogens (primary N) is 1. The smallest absolute Gasteiger partial charge is 0.0352 e. The van der Waals surface area contributed by atoms with Gasteiger partial charge in [0.05, 0.1) is 0 Å². The van der Waals surface area contributed by atoms with Crippen LogP contribution in [0.25, 0.3) is 10.8 Å². The van der Waals surface area contributed by atoms with Crippen LogP contribution in [-0.2, 0) is 6.42 Å². The van der Waals surface area contributed by atoms with E-state index in [9.17, 15) is 0 Å². The molecule has 0 saturated carbocycles. The molecule has 0 heterocycles. The first-order valence-corrected chi connectivity index (χ1v) is 5.48. The van der Waals surface area contributed by atoms with Crippen LogP contribution in [0.2, 0.25) is 0 Å². The van der Waals surface area contributed by atoms with Crippen molar-refractivity contribution in [1.82, 2.24) is 0 Å². The van der Waals surface area contributed by atoms with E-state index in [1.807, 2.05) is 6.07 Å². The predicted molar refractivity (Wildman–Crippen MR) is 65.4 cm³/mol. The van der Waals surface area contributed by atoms with Crippen LogP contribution in [0.15, 0.2) is 34.8 Å². The Bertz CT molecular complexity index is 472. The molecule has 0 aliphatic carbocycles. The Kier molecular flexibility index (Phi) is 2.46. The molecule has 2 aromatic carbocycles. The monoisotopic (exact) mass is 249 g/mol. The fourth-order valence-electron chi connectivity index (χ4n) is 1.77. The molecule has 0 aromatic heterocycles.